The number of rotatable bonds is 10. The molecule has 0 spiro atoms. The quantitative estimate of drug-likeness (QED) is 0.237. The second kappa shape index (κ2) is 10.2. The maximum atomic E-state index is 12.9. The number of hydrogen-bond donors (Lipinski definition) is 0. The summed E-state index contributed by atoms with van der Waals surface area (Å²) in [6, 6.07) is 1.90. The van der Waals surface area contributed by atoms with Gasteiger partial charge in [-0.3, -0.25) is 14.4 Å². The largest absolute Gasteiger partial charge is 0.465 e. The highest BCUT2D eigenvalue weighted by Gasteiger charge is 2.91. The summed E-state index contributed by atoms with van der Waals surface area (Å²) in [5.41, 5.74) is -2.03. The molecule has 2 atom stereocenters. The highest BCUT2D eigenvalue weighted by atomic mass is 16.6. The lowest BCUT2D eigenvalue weighted by Gasteiger charge is -2.17. The van der Waals surface area contributed by atoms with E-state index in [9.17, 15) is 19.6 Å². The Morgan fingerprint density at radius 3 is 1.83 bits per heavy atom. The van der Waals surface area contributed by atoms with Crippen LogP contribution in [0.2, 0.25) is 0 Å². The maximum Gasteiger partial charge on any atom is 0.329 e. The summed E-state index contributed by atoms with van der Waals surface area (Å²) in [5, 5.41) is 9.95. The van der Waals surface area contributed by atoms with Crippen molar-refractivity contribution in [3.05, 3.63) is 23.3 Å². The molecule has 7 heteroatoms. The van der Waals surface area contributed by atoms with Gasteiger partial charge in [0.25, 0.3) is 0 Å². The van der Waals surface area contributed by atoms with Crippen LogP contribution in [0.15, 0.2) is 23.3 Å². The second-order valence-electron chi connectivity index (χ2n) is 7.20. The van der Waals surface area contributed by atoms with Crippen molar-refractivity contribution in [1.29, 1.82) is 5.26 Å². The summed E-state index contributed by atoms with van der Waals surface area (Å²) < 4.78 is 15.3. The molecule has 2 unspecified atom stereocenters. The Bertz CT molecular complexity index is 723. The fourth-order valence-corrected chi connectivity index (χ4v) is 3.60. The first kappa shape index (κ1) is 24.4. The van der Waals surface area contributed by atoms with E-state index in [0.29, 0.717) is 6.42 Å². The minimum atomic E-state index is -2.06. The Morgan fingerprint density at radius 2 is 1.41 bits per heavy atom. The van der Waals surface area contributed by atoms with Gasteiger partial charge in [0.15, 0.2) is 5.41 Å². The van der Waals surface area contributed by atoms with Gasteiger partial charge in [-0.05, 0) is 54.4 Å². The number of ether oxygens (including phenoxy) is 3. The van der Waals surface area contributed by atoms with Crippen molar-refractivity contribution in [2.24, 2.45) is 16.7 Å². The molecule has 0 aromatic carbocycles. The van der Waals surface area contributed by atoms with Gasteiger partial charge in [-0.2, -0.15) is 5.26 Å². The molecule has 1 aliphatic carbocycles. The normalized spacial score (nSPS) is 22.1. The van der Waals surface area contributed by atoms with Gasteiger partial charge in [0.1, 0.15) is 0 Å². The lowest BCUT2D eigenvalue weighted by Crippen LogP contribution is -2.39. The van der Waals surface area contributed by atoms with E-state index in [2.05, 4.69) is 6.08 Å². The van der Waals surface area contributed by atoms with E-state index in [-0.39, 0.29) is 19.8 Å². The summed E-state index contributed by atoms with van der Waals surface area (Å²) in [5.74, 6) is -3.80. The molecule has 160 valence electrons. The molecule has 0 aromatic heterocycles. The van der Waals surface area contributed by atoms with Gasteiger partial charge in [0.05, 0.1) is 25.9 Å². The van der Waals surface area contributed by atoms with Crippen LogP contribution in [0.25, 0.3) is 0 Å². The van der Waals surface area contributed by atoms with E-state index < -0.39 is 34.7 Å². The number of carbonyl (C=O) groups is 3. The van der Waals surface area contributed by atoms with Crippen LogP contribution in [-0.2, 0) is 28.6 Å². The third-order valence-corrected chi connectivity index (χ3v) is 4.98. The number of nitriles is 1. The van der Waals surface area contributed by atoms with Gasteiger partial charge in [-0.1, -0.05) is 23.3 Å². The van der Waals surface area contributed by atoms with Crippen LogP contribution in [0.3, 0.4) is 0 Å². The van der Waals surface area contributed by atoms with Gasteiger partial charge in [0, 0.05) is 5.92 Å². The topological polar surface area (TPSA) is 103 Å². The molecule has 1 saturated carbocycles. The molecule has 0 aromatic rings. The Kier molecular flexibility index (Phi) is 8.62. The molecule has 0 heterocycles. The highest BCUT2D eigenvalue weighted by Crippen LogP contribution is 2.71. The highest BCUT2D eigenvalue weighted by molar-refractivity contribution is 6.14. The average molecular weight is 405 g/mol. The Labute approximate surface area is 172 Å². The molecule has 1 fully saturated rings. The number of allylic oxidation sites excluding steroid dienone is 4. The lowest BCUT2D eigenvalue weighted by atomic mass is 9.93. The second-order valence-corrected chi connectivity index (χ2v) is 7.20. The summed E-state index contributed by atoms with van der Waals surface area (Å²) >= 11 is 0. The van der Waals surface area contributed by atoms with Crippen LogP contribution in [0.1, 0.15) is 54.4 Å². The van der Waals surface area contributed by atoms with Crippen molar-refractivity contribution in [2.75, 3.05) is 19.8 Å². The molecule has 0 N–H and O–H groups in total. The molecule has 0 bridgehead atoms. The molecule has 0 radical (unpaired) electrons. The summed E-state index contributed by atoms with van der Waals surface area (Å²) in [6.07, 6.45) is 5.14. The summed E-state index contributed by atoms with van der Waals surface area (Å²) in [6.45, 7) is 10.6. The van der Waals surface area contributed by atoms with E-state index >= 15 is 0 Å². The summed E-state index contributed by atoms with van der Waals surface area (Å²) in [7, 11) is 0. The molecule has 0 aliphatic heterocycles. The number of carbonyl (C=O) groups excluding carboxylic acids is 3. The van der Waals surface area contributed by atoms with Gasteiger partial charge < -0.3 is 14.2 Å². The first-order chi connectivity index (χ1) is 13.7. The zero-order valence-corrected chi connectivity index (χ0v) is 18.2. The van der Waals surface area contributed by atoms with Crippen molar-refractivity contribution in [1.82, 2.24) is 0 Å². The Balaban J connectivity index is 3.51. The van der Waals surface area contributed by atoms with Crippen molar-refractivity contribution in [2.45, 2.75) is 54.4 Å². The summed E-state index contributed by atoms with van der Waals surface area (Å²) in [4.78, 5) is 38.6. The third kappa shape index (κ3) is 4.36. The standard InChI is InChI=1S/C22H31NO6/c1-7-27-18(24)21(14-23)17(13-16(6)12-10-11-15(4)5)22(21,19(25)28-8-2)20(26)29-9-3/h11,13,17H,7-10,12H2,1-6H3/b16-13+. The number of esters is 3. The number of nitrogens with zero attached hydrogens (tertiary/aromatic N) is 1. The van der Waals surface area contributed by atoms with E-state index in [1.54, 1.807) is 26.8 Å². The average Bonchev–Trinajstić information content (AvgIpc) is 3.25. The zero-order chi connectivity index (χ0) is 22.2. The van der Waals surface area contributed by atoms with Crippen molar-refractivity contribution in [3.63, 3.8) is 0 Å². The smallest absolute Gasteiger partial charge is 0.329 e. The monoisotopic (exact) mass is 405 g/mol. The first-order valence-corrected chi connectivity index (χ1v) is 9.94. The number of hydrogen-bond acceptors (Lipinski definition) is 7. The predicted octanol–water partition coefficient (Wildman–Crippen LogP) is 3.49. The third-order valence-electron chi connectivity index (χ3n) is 4.98. The lowest BCUT2D eigenvalue weighted by molar-refractivity contribution is -0.170. The van der Waals surface area contributed by atoms with Crippen LogP contribution in [-0.4, -0.2) is 37.7 Å². The SMILES string of the molecule is CCOC(=O)C1(C#N)C(/C=C(\C)CCC=C(C)C)C1(C(=O)OCC)C(=O)OCC. The molecule has 0 saturated heterocycles. The molecule has 0 amide bonds. The van der Waals surface area contributed by atoms with Gasteiger partial charge in [-0.15, -0.1) is 0 Å². The fraction of sp³-hybridized carbons (Fsp3) is 0.636. The Hall–Kier alpha value is -2.62. The molecule has 7 nitrogen and oxygen atoms in total. The molecule has 1 aliphatic rings. The minimum absolute atomic E-state index is 0.000308. The Morgan fingerprint density at radius 1 is 0.931 bits per heavy atom. The fourth-order valence-electron chi connectivity index (χ4n) is 3.60. The zero-order valence-electron chi connectivity index (χ0n) is 18.2. The molecular formula is C22H31NO6. The van der Waals surface area contributed by atoms with E-state index in [0.717, 1.165) is 12.0 Å². The van der Waals surface area contributed by atoms with Crippen LogP contribution >= 0.6 is 0 Å². The van der Waals surface area contributed by atoms with Crippen molar-refractivity contribution in [3.8, 4) is 6.07 Å². The molecule has 29 heavy (non-hydrogen) atoms. The van der Waals surface area contributed by atoms with E-state index in [1.165, 1.54) is 5.57 Å². The van der Waals surface area contributed by atoms with Gasteiger partial charge in [0.2, 0.25) is 5.41 Å². The van der Waals surface area contributed by atoms with E-state index in [4.69, 9.17) is 14.2 Å². The minimum Gasteiger partial charge on any atom is -0.465 e. The van der Waals surface area contributed by atoms with Crippen LogP contribution < -0.4 is 0 Å². The van der Waals surface area contributed by atoms with Crippen molar-refractivity contribution >= 4 is 17.9 Å². The predicted molar refractivity (Wildman–Crippen MR) is 106 cm³/mol. The van der Waals surface area contributed by atoms with E-state index in [1.807, 2.05) is 26.8 Å². The molecule has 1 rings (SSSR count). The van der Waals surface area contributed by atoms with Gasteiger partial charge >= 0.3 is 17.9 Å². The van der Waals surface area contributed by atoms with Crippen LogP contribution in [0, 0.1) is 28.1 Å². The van der Waals surface area contributed by atoms with Crippen molar-refractivity contribution < 1.29 is 28.6 Å². The van der Waals surface area contributed by atoms with Crippen LogP contribution in [0.4, 0.5) is 0 Å². The molecular weight excluding hydrogens is 374 g/mol. The first-order valence-electron chi connectivity index (χ1n) is 9.94. The van der Waals surface area contributed by atoms with Gasteiger partial charge in [-0.25, -0.2) is 0 Å². The van der Waals surface area contributed by atoms with Crippen LogP contribution in [0.5, 0.6) is 0 Å². The maximum absolute atomic E-state index is 12.9.